The molecule has 3 aromatic rings. The van der Waals surface area contributed by atoms with Crippen molar-refractivity contribution in [3.05, 3.63) is 58.9 Å². The minimum atomic E-state index is -1.00. The predicted molar refractivity (Wildman–Crippen MR) is 95.8 cm³/mol. The standard InChI is InChI=1S/C18H16N4O3S/c1-21-8-13(7-19-21)16-20-14(10-26-16)17(23)22-9-12-5-3-2-4-11(12)6-15(22)18(24)25/h2-5,7-8,10,15H,6,9H2,1H3,(H,24,25)/t15-/m1/s1. The van der Waals surface area contributed by atoms with E-state index in [-0.39, 0.29) is 18.1 Å². The predicted octanol–water partition coefficient (Wildman–Crippen LogP) is 2.20. The summed E-state index contributed by atoms with van der Waals surface area (Å²) in [6.07, 6.45) is 3.81. The van der Waals surface area contributed by atoms with Crippen LogP contribution in [0.2, 0.25) is 0 Å². The Morgan fingerprint density at radius 2 is 2.04 bits per heavy atom. The Bertz CT molecular complexity index is 994. The van der Waals surface area contributed by atoms with E-state index in [1.165, 1.54) is 16.2 Å². The Morgan fingerprint density at radius 3 is 2.73 bits per heavy atom. The summed E-state index contributed by atoms with van der Waals surface area (Å²) in [6, 6.07) is 6.73. The summed E-state index contributed by atoms with van der Waals surface area (Å²) in [6.45, 7) is 0.270. The number of aryl methyl sites for hydroxylation is 1. The van der Waals surface area contributed by atoms with Gasteiger partial charge < -0.3 is 10.0 Å². The minimum absolute atomic E-state index is 0.263. The number of rotatable bonds is 3. The molecule has 0 saturated heterocycles. The SMILES string of the molecule is Cn1cc(-c2nc(C(=O)N3Cc4ccccc4C[C@@H]3C(=O)O)cs2)cn1. The van der Waals surface area contributed by atoms with Crippen molar-refractivity contribution in [2.45, 2.75) is 19.0 Å². The molecule has 1 aromatic carbocycles. The molecular formula is C18H16N4O3S. The number of carboxylic acid groups (broad SMARTS) is 1. The maximum absolute atomic E-state index is 13.0. The number of benzene rings is 1. The summed E-state index contributed by atoms with van der Waals surface area (Å²) >= 11 is 1.34. The quantitative estimate of drug-likeness (QED) is 0.766. The summed E-state index contributed by atoms with van der Waals surface area (Å²) in [5.41, 5.74) is 3.04. The molecule has 1 atom stereocenters. The average molecular weight is 368 g/mol. The maximum atomic E-state index is 13.0. The van der Waals surface area contributed by atoms with Gasteiger partial charge in [0.15, 0.2) is 0 Å². The van der Waals surface area contributed by atoms with Gasteiger partial charge in [-0.15, -0.1) is 11.3 Å². The molecule has 3 heterocycles. The monoisotopic (exact) mass is 368 g/mol. The van der Waals surface area contributed by atoms with Crippen molar-refractivity contribution >= 4 is 23.2 Å². The van der Waals surface area contributed by atoms with Crippen LogP contribution in [0.1, 0.15) is 21.6 Å². The van der Waals surface area contributed by atoms with Crippen LogP contribution in [-0.2, 0) is 24.8 Å². The third kappa shape index (κ3) is 2.88. The summed E-state index contributed by atoms with van der Waals surface area (Å²) < 4.78 is 1.67. The minimum Gasteiger partial charge on any atom is -0.480 e. The van der Waals surface area contributed by atoms with E-state index < -0.39 is 12.0 Å². The topological polar surface area (TPSA) is 88.3 Å². The molecule has 8 heteroatoms. The first-order valence-corrected chi connectivity index (χ1v) is 8.96. The third-order valence-corrected chi connectivity index (χ3v) is 5.36. The first kappa shape index (κ1) is 16.5. The van der Waals surface area contributed by atoms with Crippen molar-refractivity contribution in [3.63, 3.8) is 0 Å². The van der Waals surface area contributed by atoms with Crippen molar-refractivity contribution in [1.29, 1.82) is 0 Å². The van der Waals surface area contributed by atoms with E-state index >= 15 is 0 Å². The number of nitrogens with zero attached hydrogens (tertiary/aromatic N) is 4. The Labute approximate surface area is 153 Å². The zero-order valence-corrected chi connectivity index (χ0v) is 14.8. The lowest BCUT2D eigenvalue weighted by molar-refractivity contribution is -0.142. The number of hydrogen-bond donors (Lipinski definition) is 1. The van der Waals surface area contributed by atoms with Gasteiger partial charge in [-0.2, -0.15) is 5.10 Å². The Morgan fingerprint density at radius 1 is 1.27 bits per heavy atom. The molecule has 0 fully saturated rings. The summed E-state index contributed by atoms with van der Waals surface area (Å²) in [7, 11) is 1.81. The largest absolute Gasteiger partial charge is 0.480 e. The van der Waals surface area contributed by atoms with Gasteiger partial charge >= 0.3 is 5.97 Å². The lowest BCUT2D eigenvalue weighted by Crippen LogP contribution is -2.48. The van der Waals surface area contributed by atoms with Crippen molar-refractivity contribution in [2.24, 2.45) is 7.05 Å². The molecule has 0 unspecified atom stereocenters. The van der Waals surface area contributed by atoms with Gasteiger partial charge in [0.25, 0.3) is 5.91 Å². The second-order valence-electron chi connectivity index (χ2n) is 6.20. The number of hydrogen-bond acceptors (Lipinski definition) is 5. The highest BCUT2D eigenvalue weighted by Gasteiger charge is 2.35. The van der Waals surface area contributed by atoms with Crippen LogP contribution in [0.25, 0.3) is 10.6 Å². The fourth-order valence-corrected chi connectivity index (χ4v) is 3.91. The van der Waals surface area contributed by atoms with Crippen LogP contribution in [-0.4, -0.2) is 42.7 Å². The van der Waals surface area contributed by atoms with Crippen molar-refractivity contribution in [3.8, 4) is 10.6 Å². The molecule has 26 heavy (non-hydrogen) atoms. The number of fused-ring (bicyclic) bond motifs is 1. The zero-order chi connectivity index (χ0) is 18.3. The lowest BCUT2D eigenvalue weighted by atomic mass is 9.94. The van der Waals surface area contributed by atoms with Crippen molar-refractivity contribution in [1.82, 2.24) is 19.7 Å². The van der Waals surface area contributed by atoms with Gasteiger partial charge in [0.2, 0.25) is 0 Å². The molecule has 1 aliphatic heterocycles. The summed E-state index contributed by atoms with van der Waals surface area (Å²) in [4.78, 5) is 30.5. The number of amides is 1. The molecule has 132 valence electrons. The average Bonchev–Trinajstić information content (AvgIpc) is 3.29. The molecular weight excluding hydrogens is 352 g/mol. The second kappa shape index (κ2) is 6.38. The molecule has 1 amide bonds. The molecule has 4 rings (SSSR count). The molecule has 0 spiro atoms. The number of thiazole rings is 1. The molecule has 1 N–H and O–H groups in total. The Kier molecular flexibility index (Phi) is 4.04. The molecule has 0 saturated carbocycles. The van der Waals surface area contributed by atoms with Gasteiger partial charge in [0.1, 0.15) is 16.7 Å². The third-order valence-electron chi connectivity index (χ3n) is 4.47. The number of carbonyl (C=O) groups is 2. The Balaban J connectivity index is 1.64. The molecule has 1 aliphatic rings. The van der Waals surface area contributed by atoms with E-state index in [2.05, 4.69) is 10.1 Å². The summed E-state index contributed by atoms with van der Waals surface area (Å²) in [5, 5.41) is 16.1. The van der Waals surface area contributed by atoms with E-state index in [1.54, 1.807) is 16.3 Å². The van der Waals surface area contributed by atoms with Crippen LogP contribution in [0, 0.1) is 0 Å². The highest BCUT2D eigenvalue weighted by atomic mass is 32.1. The first-order chi connectivity index (χ1) is 12.5. The van der Waals surface area contributed by atoms with Gasteiger partial charge in [-0.05, 0) is 11.1 Å². The number of carboxylic acids is 1. The molecule has 7 nitrogen and oxygen atoms in total. The van der Waals surface area contributed by atoms with Gasteiger partial charge in [0.05, 0.1) is 6.20 Å². The Hall–Kier alpha value is -3.00. The van der Waals surface area contributed by atoms with E-state index in [1.807, 2.05) is 37.5 Å². The number of aliphatic carboxylic acids is 1. The van der Waals surface area contributed by atoms with Crippen LogP contribution in [0.15, 0.2) is 42.0 Å². The highest BCUT2D eigenvalue weighted by molar-refractivity contribution is 7.13. The molecule has 0 aliphatic carbocycles. The van der Waals surface area contributed by atoms with Gasteiger partial charge in [0, 0.05) is 37.2 Å². The number of aromatic nitrogens is 3. The number of carbonyl (C=O) groups excluding carboxylic acids is 1. The summed E-state index contributed by atoms with van der Waals surface area (Å²) in [5.74, 6) is -1.37. The van der Waals surface area contributed by atoms with Crippen LogP contribution in [0.3, 0.4) is 0 Å². The van der Waals surface area contributed by atoms with Crippen molar-refractivity contribution in [2.75, 3.05) is 0 Å². The van der Waals surface area contributed by atoms with Crippen LogP contribution in [0.5, 0.6) is 0 Å². The molecule has 0 radical (unpaired) electrons. The van der Waals surface area contributed by atoms with E-state index in [0.29, 0.717) is 11.4 Å². The molecule has 2 aromatic heterocycles. The van der Waals surface area contributed by atoms with E-state index in [0.717, 1.165) is 16.7 Å². The van der Waals surface area contributed by atoms with Crippen molar-refractivity contribution < 1.29 is 14.7 Å². The van der Waals surface area contributed by atoms with Gasteiger partial charge in [-0.1, -0.05) is 24.3 Å². The van der Waals surface area contributed by atoms with Crippen LogP contribution < -0.4 is 0 Å². The van der Waals surface area contributed by atoms with Gasteiger partial charge in [-0.25, -0.2) is 9.78 Å². The van der Waals surface area contributed by atoms with Gasteiger partial charge in [-0.3, -0.25) is 9.48 Å². The fraction of sp³-hybridized carbons (Fsp3) is 0.222. The van der Waals surface area contributed by atoms with Crippen LogP contribution in [0.4, 0.5) is 0 Å². The molecule has 0 bridgehead atoms. The second-order valence-corrected chi connectivity index (χ2v) is 7.06. The maximum Gasteiger partial charge on any atom is 0.326 e. The smallest absolute Gasteiger partial charge is 0.326 e. The fourth-order valence-electron chi connectivity index (χ4n) is 3.14. The zero-order valence-electron chi connectivity index (χ0n) is 14.0. The lowest BCUT2D eigenvalue weighted by Gasteiger charge is -2.34. The first-order valence-electron chi connectivity index (χ1n) is 8.08. The van der Waals surface area contributed by atoms with Crippen LogP contribution >= 0.6 is 11.3 Å². The highest BCUT2D eigenvalue weighted by Crippen LogP contribution is 2.28. The van der Waals surface area contributed by atoms with E-state index in [9.17, 15) is 14.7 Å². The van der Waals surface area contributed by atoms with E-state index in [4.69, 9.17) is 0 Å². The normalized spacial score (nSPS) is 16.3.